The minimum Gasteiger partial charge on any atom is -0.378 e. The molecular formula is C13H13N5OS. The molecule has 0 amide bonds. The molecule has 0 unspecified atom stereocenters. The summed E-state index contributed by atoms with van der Waals surface area (Å²) in [4.78, 5) is 8.51. The van der Waals surface area contributed by atoms with E-state index in [0.717, 1.165) is 21.8 Å². The number of aryl methyl sites for hydroxylation is 1. The lowest BCUT2D eigenvalue weighted by Crippen LogP contribution is -1.92. The van der Waals surface area contributed by atoms with E-state index < -0.39 is 0 Å². The van der Waals surface area contributed by atoms with Crippen LogP contribution in [0.5, 0.6) is 0 Å². The SMILES string of the molecule is CNc1snc(C)c1-c1nc(Cc2cccnc2)no1. The van der Waals surface area contributed by atoms with Crippen molar-refractivity contribution in [3.05, 3.63) is 41.6 Å². The van der Waals surface area contributed by atoms with E-state index in [1.165, 1.54) is 11.5 Å². The molecule has 20 heavy (non-hydrogen) atoms. The van der Waals surface area contributed by atoms with Gasteiger partial charge in [-0.1, -0.05) is 11.2 Å². The third-order valence-corrected chi connectivity index (χ3v) is 3.81. The molecule has 0 radical (unpaired) electrons. The third-order valence-electron chi connectivity index (χ3n) is 2.86. The fourth-order valence-electron chi connectivity index (χ4n) is 1.90. The number of hydrogen-bond donors (Lipinski definition) is 1. The van der Waals surface area contributed by atoms with E-state index in [0.29, 0.717) is 18.1 Å². The van der Waals surface area contributed by atoms with Gasteiger partial charge in [0.2, 0.25) is 0 Å². The molecule has 0 saturated carbocycles. The van der Waals surface area contributed by atoms with Gasteiger partial charge in [0.05, 0.1) is 11.3 Å². The highest BCUT2D eigenvalue weighted by molar-refractivity contribution is 7.10. The molecule has 0 fully saturated rings. The summed E-state index contributed by atoms with van der Waals surface area (Å²) < 4.78 is 9.65. The van der Waals surface area contributed by atoms with Crippen LogP contribution >= 0.6 is 11.5 Å². The van der Waals surface area contributed by atoms with Gasteiger partial charge in [-0.05, 0) is 30.1 Å². The van der Waals surface area contributed by atoms with Crippen LogP contribution in [0, 0.1) is 6.92 Å². The number of nitrogens with one attached hydrogen (secondary N) is 1. The Balaban J connectivity index is 1.89. The summed E-state index contributed by atoms with van der Waals surface area (Å²) in [6.45, 7) is 1.93. The lowest BCUT2D eigenvalue weighted by Gasteiger charge is -1.96. The zero-order valence-electron chi connectivity index (χ0n) is 11.1. The minimum atomic E-state index is 0.500. The molecule has 0 atom stereocenters. The van der Waals surface area contributed by atoms with E-state index in [4.69, 9.17) is 4.52 Å². The first-order chi connectivity index (χ1) is 9.78. The number of nitrogens with zero attached hydrogens (tertiary/aromatic N) is 4. The van der Waals surface area contributed by atoms with Crippen molar-refractivity contribution in [3.63, 3.8) is 0 Å². The van der Waals surface area contributed by atoms with Crippen LogP contribution in [0.2, 0.25) is 0 Å². The Bertz CT molecular complexity index is 707. The summed E-state index contributed by atoms with van der Waals surface area (Å²) in [5.41, 5.74) is 2.81. The van der Waals surface area contributed by atoms with Crippen LogP contribution in [0.15, 0.2) is 29.0 Å². The number of pyridine rings is 1. The molecule has 0 saturated heterocycles. The molecule has 0 aliphatic rings. The number of hydrogen-bond acceptors (Lipinski definition) is 7. The average molecular weight is 287 g/mol. The number of anilines is 1. The third kappa shape index (κ3) is 2.39. The second-order valence-electron chi connectivity index (χ2n) is 4.28. The molecule has 6 nitrogen and oxygen atoms in total. The zero-order valence-corrected chi connectivity index (χ0v) is 11.9. The van der Waals surface area contributed by atoms with Crippen molar-refractivity contribution in [3.8, 4) is 11.5 Å². The molecule has 0 aromatic carbocycles. The van der Waals surface area contributed by atoms with Gasteiger partial charge in [-0.25, -0.2) is 0 Å². The Morgan fingerprint density at radius 3 is 3.05 bits per heavy atom. The quantitative estimate of drug-likeness (QED) is 0.794. The van der Waals surface area contributed by atoms with Crippen molar-refractivity contribution in [2.75, 3.05) is 12.4 Å². The fourth-order valence-corrected chi connectivity index (χ4v) is 2.64. The molecule has 1 N–H and O–H groups in total. The van der Waals surface area contributed by atoms with E-state index in [1.54, 1.807) is 12.4 Å². The molecular weight excluding hydrogens is 274 g/mol. The predicted octanol–water partition coefficient (Wildman–Crippen LogP) is 2.53. The minimum absolute atomic E-state index is 0.500. The van der Waals surface area contributed by atoms with Gasteiger partial charge >= 0.3 is 0 Å². The van der Waals surface area contributed by atoms with Crippen molar-refractivity contribution >= 4 is 16.5 Å². The summed E-state index contributed by atoms with van der Waals surface area (Å²) in [6.07, 6.45) is 4.14. The smallest absolute Gasteiger partial charge is 0.262 e. The Morgan fingerprint density at radius 2 is 2.30 bits per heavy atom. The lowest BCUT2D eigenvalue weighted by atomic mass is 10.2. The Kier molecular flexibility index (Phi) is 3.42. The van der Waals surface area contributed by atoms with Crippen LogP contribution in [0.1, 0.15) is 17.1 Å². The maximum absolute atomic E-state index is 5.35. The molecule has 7 heteroatoms. The van der Waals surface area contributed by atoms with Gasteiger partial charge in [-0.2, -0.15) is 9.36 Å². The highest BCUT2D eigenvalue weighted by Crippen LogP contribution is 2.33. The maximum atomic E-state index is 5.35. The Labute approximate surface area is 120 Å². The molecule has 3 rings (SSSR count). The second-order valence-corrected chi connectivity index (χ2v) is 5.05. The van der Waals surface area contributed by atoms with Crippen LogP contribution in [-0.2, 0) is 6.42 Å². The van der Waals surface area contributed by atoms with E-state index >= 15 is 0 Å². The molecule has 0 aliphatic carbocycles. The van der Waals surface area contributed by atoms with Crippen LogP contribution in [0.3, 0.4) is 0 Å². The first-order valence-electron chi connectivity index (χ1n) is 6.14. The topological polar surface area (TPSA) is 76.7 Å². The molecule has 0 aliphatic heterocycles. The first-order valence-corrected chi connectivity index (χ1v) is 6.91. The average Bonchev–Trinajstić information content (AvgIpc) is 3.06. The zero-order chi connectivity index (χ0) is 13.9. The molecule has 3 aromatic heterocycles. The van der Waals surface area contributed by atoms with Crippen molar-refractivity contribution < 1.29 is 4.52 Å². The molecule has 0 spiro atoms. The van der Waals surface area contributed by atoms with Crippen molar-refractivity contribution in [1.82, 2.24) is 19.5 Å². The standard InChI is InChI=1S/C13H13N5OS/c1-8-11(13(14-2)20-18-8)12-16-10(17-19-12)6-9-4-3-5-15-7-9/h3-5,7,14H,6H2,1-2H3. The van der Waals surface area contributed by atoms with Crippen molar-refractivity contribution in [2.45, 2.75) is 13.3 Å². The van der Waals surface area contributed by atoms with Crippen LogP contribution in [-0.4, -0.2) is 26.5 Å². The normalized spacial score (nSPS) is 10.7. The number of rotatable bonds is 4. The summed E-state index contributed by atoms with van der Waals surface area (Å²) in [5, 5.41) is 8.04. The van der Waals surface area contributed by atoms with Crippen LogP contribution in [0.25, 0.3) is 11.5 Å². The van der Waals surface area contributed by atoms with Gasteiger partial charge < -0.3 is 9.84 Å². The van der Waals surface area contributed by atoms with Gasteiger partial charge in [0.15, 0.2) is 5.82 Å². The Hall–Kier alpha value is -2.28. The predicted molar refractivity (Wildman–Crippen MR) is 76.7 cm³/mol. The number of aromatic nitrogens is 4. The van der Waals surface area contributed by atoms with E-state index in [1.807, 2.05) is 26.1 Å². The van der Waals surface area contributed by atoms with Crippen LogP contribution in [0.4, 0.5) is 5.00 Å². The van der Waals surface area contributed by atoms with Gasteiger partial charge in [0.1, 0.15) is 5.00 Å². The second kappa shape index (κ2) is 5.38. The Morgan fingerprint density at radius 1 is 1.40 bits per heavy atom. The van der Waals surface area contributed by atoms with Crippen molar-refractivity contribution in [2.24, 2.45) is 0 Å². The molecule has 3 heterocycles. The van der Waals surface area contributed by atoms with E-state index in [2.05, 4.69) is 24.8 Å². The summed E-state index contributed by atoms with van der Waals surface area (Å²) in [5.74, 6) is 1.14. The summed E-state index contributed by atoms with van der Waals surface area (Å²) in [6, 6.07) is 3.88. The molecule has 3 aromatic rings. The maximum Gasteiger partial charge on any atom is 0.262 e. The van der Waals surface area contributed by atoms with Gasteiger partial charge in [-0.3, -0.25) is 4.98 Å². The van der Waals surface area contributed by atoms with E-state index in [-0.39, 0.29) is 0 Å². The lowest BCUT2D eigenvalue weighted by molar-refractivity contribution is 0.424. The molecule has 102 valence electrons. The van der Waals surface area contributed by atoms with Crippen molar-refractivity contribution in [1.29, 1.82) is 0 Å². The van der Waals surface area contributed by atoms with Crippen LogP contribution < -0.4 is 5.32 Å². The van der Waals surface area contributed by atoms with E-state index in [9.17, 15) is 0 Å². The monoisotopic (exact) mass is 287 g/mol. The summed E-state index contributed by atoms with van der Waals surface area (Å²) in [7, 11) is 1.85. The van der Waals surface area contributed by atoms with Gasteiger partial charge in [0.25, 0.3) is 5.89 Å². The fraction of sp³-hybridized carbons (Fsp3) is 0.231. The largest absolute Gasteiger partial charge is 0.378 e. The van der Waals surface area contributed by atoms with Gasteiger partial charge in [-0.15, -0.1) is 0 Å². The highest BCUT2D eigenvalue weighted by Gasteiger charge is 2.18. The summed E-state index contributed by atoms with van der Waals surface area (Å²) >= 11 is 1.39. The first kappa shape index (κ1) is 12.7. The highest BCUT2D eigenvalue weighted by atomic mass is 32.1. The molecule has 0 bridgehead atoms. The van der Waals surface area contributed by atoms with Gasteiger partial charge in [0, 0.05) is 25.9 Å².